The topological polar surface area (TPSA) is 117 Å². The Hall–Kier alpha value is -1.87. The van der Waals surface area contributed by atoms with Crippen LogP contribution >= 0.6 is 0 Å². The van der Waals surface area contributed by atoms with Gasteiger partial charge in [0.2, 0.25) is 6.29 Å². The van der Waals surface area contributed by atoms with Crippen molar-refractivity contribution < 1.29 is 34.3 Å². The van der Waals surface area contributed by atoms with Crippen molar-refractivity contribution in [2.75, 3.05) is 26.1 Å². The first-order chi connectivity index (χ1) is 11.4. The fourth-order valence-electron chi connectivity index (χ4n) is 1.98. The molecule has 24 heavy (non-hydrogen) atoms. The van der Waals surface area contributed by atoms with Crippen LogP contribution in [-0.4, -0.2) is 60.6 Å². The van der Waals surface area contributed by atoms with Crippen LogP contribution in [0.4, 0.5) is 5.69 Å². The molecule has 0 spiro atoms. The van der Waals surface area contributed by atoms with Gasteiger partial charge in [-0.25, -0.2) is 4.79 Å². The summed E-state index contributed by atoms with van der Waals surface area (Å²) >= 11 is 0. The number of methoxy groups -OCH3 is 1. The molecule has 1 aromatic carbocycles. The monoisotopic (exact) mass is 343 g/mol. The maximum absolute atomic E-state index is 10.7. The number of nitrogens with one attached hydrogen (secondary N) is 1. The summed E-state index contributed by atoms with van der Waals surface area (Å²) in [5.74, 6) is -0.718. The predicted octanol–water partition coefficient (Wildman–Crippen LogP) is 0.813. The third-order valence-corrected chi connectivity index (χ3v) is 3.27. The number of carbonyl (C=O) groups is 1. The second kappa shape index (κ2) is 10.1. The zero-order valence-electron chi connectivity index (χ0n) is 14.1. The largest absolute Gasteiger partial charge is 0.480 e. The van der Waals surface area contributed by atoms with E-state index in [4.69, 9.17) is 19.3 Å². The summed E-state index contributed by atoms with van der Waals surface area (Å²) < 4.78 is 15.9. The van der Waals surface area contributed by atoms with Crippen molar-refractivity contribution >= 4 is 11.7 Å². The highest BCUT2D eigenvalue weighted by atomic mass is 16.7. The minimum absolute atomic E-state index is 0.0755. The van der Waals surface area contributed by atoms with E-state index in [0.717, 1.165) is 5.56 Å². The van der Waals surface area contributed by atoms with Gasteiger partial charge in [0.25, 0.3) is 0 Å². The van der Waals surface area contributed by atoms with Gasteiger partial charge >= 0.3 is 5.97 Å². The van der Waals surface area contributed by atoms with E-state index in [0.29, 0.717) is 18.0 Å². The first kappa shape index (κ1) is 20.2. The van der Waals surface area contributed by atoms with Crippen molar-refractivity contribution in [1.29, 1.82) is 0 Å². The Labute approximate surface area is 141 Å². The molecule has 0 bridgehead atoms. The highest BCUT2D eigenvalue weighted by Crippen LogP contribution is 2.28. The van der Waals surface area contributed by atoms with E-state index in [1.165, 1.54) is 6.92 Å². The molecule has 0 aliphatic carbocycles. The second-order valence-electron chi connectivity index (χ2n) is 5.31. The van der Waals surface area contributed by atoms with Crippen molar-refractivity contribution in [3.8, 4) is 5.75 Å². The van der Waals surface area contributed by atoms with Gasteiger partial charge < -0.3 is 34.8 Å². The van der Waals surface area contributed by atoms with Crippen LogP contribution in [0.2, 0.25) is 0 Å². The van der Waals surface area contributed by atoms with Crippen LogP contribution in [0.25, 0.3) is 0 Å². The van der Waals surface area contributed by atoms with Crippen LogP contribution < -0.4 is 10.1 Å². The van der Waals surface area contributed by atoms with Crippen molar-refractivity contribution in [3.63, 3.8) is 0 Å². The van der Waals surface area contributed by atoms with Gasteiger partial charge in [-0.1, -0.05) is 6.07 Å². The Morgan fingerprint density at radius 2 is 2.04 bits per heavy atom. The number of benzene rings is 1. The molecule has 3 atom stereocenters. The Bertz CT molecular complexity index is 521. The first-order valence-corrected chi connectivity index (χ1v) is 7.53. The lowest BCUT2D eigenvalue weighted by Gasteiger charge is -2.24. The highest BCUT2D eigenvalue weighted by Gasteiger charge is 2.22. The van der Waals surface area contributed by atoms with Crippen LogP contribution in [-0.2, 0) is 20.9 Å². The second-order valence-corrected chi connectivity index (χ2v) is 5.31. The molecule has 0 aliphatic rings. The van der Waals surface area contributed by atoms with Crippen molar-refractivity contribution in [3.05, 3.63) is 23.8 Å². The third kappa shape index (κ3) is 6.71. The predicted molar refractivity (Wildman–Crippen MR) is 87.0 cm³/mol. The van der Waals surface area contributed by atoms with Crippen LogP contribution in [0, 0.1) is 0 Å². The van der Waals surface area contributed by atoms with Crippen molar-refractivity contribution in [2.45, 2.75) is 38.4 Å². The summed E-state index contributed by atoms with van der Waals surface area (Å²) in [4.78, 5) is 10.7. The van der Waals surface area contributed by atoms with Gasteiger partial charge in [-0.05, 0) is 24.6 Å². The van der Waals surface area contributed by atoms with Crippen LogP contribution in [0.15, 0.2) is 18.2 Å². The van der Waals surface area contributed by atoms with Gasteiger partial charge in [-0.15, -0.1) is 0 Å². The lowest BCUT2D eigenvalue weighted by atomic mass is 10.1. The van der Waals surface area contributed by atoms with Gasteiger partial charge in [0, 0.05) is 20.6 Å². The van der Waals surface area contributed by atoms with E-state index in [1.807, 2.05) is 6.07 Å². The summed E-state index contributed by atoms with van der Waals surface area (Å²) in [7, 11) is 3.31. The molecular formula is C16H25NO7. The maximum Gasteiger partial charge on any atom is 0.329 e. The van der Waals surface area contributed by atoms with Gasteiger partial charge in [-0.3, -0.25) is 0 Å². The lowest BCUT2D eigenvalue weighted by Crippen LogP contribution is -2.33. The Morgan fingerprint density at radius 1 is 1.33 bits per heavy atom. The van der Waals surface area contributed by atoms with Crippen LogP contribution in [0.3, 0.4) is 0 Å². The summed E-state index contributed by atoms with van der Waals surface area (Å²) in [6.45, 7) is 1.29. The molecule has 8 heteroatoms. The normalized spacial score (nSPS) is 14.7. The van der Waals surface area contributed by atoms with E-state index in [1.54, 1.807) is 26.3 Å². The van der Waals surface area contributed by atoms with Crippen molar-refractivity contribution in [2.24, 2.45) is 0 Å². The molecule has 0 fully saturated rings. The lowest BCUT2D eigenvalue weighted by molar-refractivity contribution is -0.158. The summed E-state index contributed by atoms with van der Waals surface area (Å²) in [5.41, 5.74) is 1.60. The van der Waals surface area contributed by atoms with Gasteiger partial charge in [0.1, 0.15) is 12.4 Å². The molecule has 0 aliphatic heterocycles. The van der Waals surface area contributed by atoms with E-state index in [-0.39, 0.29) is 6.42 Å². The molecule has 0 aromatic heterocycles. The summed E-state index contributed by atoms with van der Waals surface area (Å²) in [5, 5.41) is 30.9. The van der Waals surface area contributed by atoms with E-state index in [2.05, 4.69) is 5.32 Å². The van der Waals surface area contributed by atoms with Gasteiger partial charge in [-0.2, -0.15) is 0 Å². The molecule has 0 heterocycles. The average Bonchev–Trinajstić information content (AvgIpc) is 2.53. The first-order valence-electron chi connectivity index (χ1n) is 7.53. The van der Waals surface area contributed by atoms with E-state index < -0.39 is 31.1 Å². The number of aliphatic carboxylic acids is 1. The average molecular weight is 343 g/mol. The maximum atomic E-state index is 10.7. The number of carboxylic acid groups (broad SMARTS) is 1. The SMILES string of the molecule is CNc1cc(COC)ccc1O[C@@H](C[C@@H](O)[C@@H](C)O)OCC(=O)O. The number of ether oxygens (including phenoxy) is 3. The van der Waals surface area contributed by atoms with Crippen LogP contribution in [0.5, 0.6) is 5.75 Å². The van der Waals surface area contributed by atoms with Gasteiger partial charge in [0.15, 0.2) is 0 Å². The fraction of sp³-hybridized carbons (Fsp3) is 0.562. The summed E-state index contributed by atoms with van der Waals surface area (Å²) in [6, 6.07) is 5.34. The number of hydrogen-bond acceptors (Lipinski definition) is 7. The number of hydrogen-bond donors (Lipinski definition) is 4. The number of aliphatic hydroxyl groups excluding tert-OH is 2. The molecule has 1 rings (SSSR count). The van der Waals surface area contributed by atoms with Crippen molar-refractivity contribution in [1.82, 2.24) is 0 Å². The summed E-state index contributed by atoms with van der Waals surface area (Å²) in [6.07, 6.45) is -3.19. The van der Waals surface area contributed by atoms with E-state index in [9.17, 15) is 15.0 Å². The molecular weight excluding hydrogens is 318 g/mol. The number of rotatable bonds is 11. The molecule has 0 saturated heterocycles. The number of aliphatic hydroxyl groups is 2. The highest BCUT2D eigenvalue weighted by molar-refractivity contribution is 5.68. The molecule has 0 amide bonds. The molecule has 136 valence electrons. The molecule has 1 aromatic rings. The zero-order chi connectivity index (χ0) is 18.1. The van der Waals surface area contributed by atoms with Crippen LogP contribution in [0.1, 0.15) is 18.9 Å². The minimum atomic E-state index is -1.15. The Kier molecular flexibility index (Phi) is 8.48. The molecule has 0 radical (unpaired) electrons. The third-order valence-electron chi connectivity index (χ3n) is 3.27. The molecule has 0 saturated carbocycles. The quantitative estimate of drug-likeness (QED) is 0.436. The smallest absolute Gasteiger partial charge is 0.329 e. The van der Waals surface area contributed by atoms with E-state index >= 15 is 0 Å². The number of anilines is 1. The van der Waals surface area contributed by atoms with Gasteiger partial charge in [0.05, 0.1) is 24.5 Å². The molecule has 0 unspecified atom stereocenters. The Morgan fingerprint density at radius 3 is 2.58 bits per heavy atom. The fourth-order valence-corrected chi connectivity index (χ4v) is 1.98. The Balaban J connectivity index is 2.88. The molecule has 4 N–H and O–H groups in total. The zero-order valence-corrected chi connectivity index (χ0v) is 14.1. The minimum Gasteiger partial charge on any atom is -0.480 e. The standard InChI is InChI=1S/C16H25NO7/c1-10(18)13(19)7-16(23-9-15(20)21)24-14-5-4-11(8-22-3)6-12(14)17-2/h4-6,10,13,16-19H,7-9H2,1-3H3,(H,20,21)/t10-,13-,16+/m1/s1. The number of carboxylic acids is 1. The molecule has 8 nitrogen and oxygen atoms in total.